The maximum atomic E-state index is 12.0. The van der Waals surface area contributed by atoms with Crippen LogP contribution in [0, 0.1) is 6.92 Å². The van der Waals surface area contributed by atoms with Gasteiger partial charge in [-0.3, -0.25) is 25.0 Å². The standard InChI is InChI=1S/C20H16ClN3O4S/c1-11-2-5-13(6-3-11)22-17(25)10-28-16-7-4-12(9-15(16)21)8-14-18(26)23-20(29)24-19(14)27/h2-9H,10H2,1H3,(H,22,25)(H2,23,24,26,27,29). The molecule has 7 nitrogen and oxygen atoms in total. The summed E-state index contributed by atoms with van der Waals surface area (Å²) in [6, 6.07) is 12.1. The largest absolute Gasteiger partial charge is 0.482 e. The topological polar surface area (TPSA) is 96.5 Å². The molecule has 0 aliphatic carbocycles. The lowest BCUT2D eigenvalue weighted by atomic mass is 10.1. The molecule has 29 heavy (non-hydrogen) atoms. The van der Waals surface area contributed by atoms with E-state index in [0.717, 1.165) is 5.56 Å². The van der Waals surface area contributed by atoms with Crippen molar-refractivity contribution in [3.63, 3.8) is 0 Å². The number of anilines is 1. The van der Waals surface area contributed by atoms with Crippen molar-refractivity contribution < 1.29 is 19.1 Å². The van der Waals surface area contributed by atoms with Crippen LogP contribution < -0.4 is 20.7 Å². The summed E-state index contributed by atoms with van der Waals surface area (Å²) in [5.41, 5.74) is 2.17. The fourth-order valence-corrected chi connectivity index (χ4v) is 2.90. The van der Waals surface area contributed by atoms with Crippen molar-refractivity contribution in [2.45, 2.75) is 6.92 Å². The van der Waals surface area contributed by atoms with Gasteiger partial charge < -0.3 is 10.1 Å². The number of rotatable bonds is 5. The van der Waals surface area contributed by atoms with Gasteiger partial charge in [-0.1, -0.05) is 35.4 Å². The molecule has 2 aromatic carbocycles. The summed E-state index contributed by atoms with van der Waals surface area (Å²) in [6.45, 7) is 1.73. The highest BCUT2D eigenvalue weighted by molar-refractivity contribution is 7.80. The van der Waals surface area contributed by atoms with Gasteiger partial charge >= 0.3 is 0 Å². The van der Waals surface area contributed by atoms with Gasteiger partial charge in [-0.2, -0.15) is 0 Å². The first-order valence-corrected chi connectivity index (χ1v) is 9.27. The van der Waals surface area contributed by atoms with Gasteiger partial charge in [0.25, 0.3) is 17.7 Å². The molecule has 0 aromatic heterocycles. The van der Waals surface area contributed by atoms with Crippen LogP contribution in [-0.2, 0) is 14.4 Å². The Morgan fingerprint density at radius 1 is 1.14 bits per heavy atom. The molecule has 1 heterocycles. The number of benzene rings is 2. The summed E-state index contributed by atoms with van der Waals surface area (Å²) in [6.07, 6.45) is 1.38. The Morgan fingerprint density at radius 3 is 2.41 bits per heavy atom. The van der Waals surface area contributed by atoms with Gasteiger partial charge in [0.1, 0.15) is 11.3 Å². The lowest BCUT2D eigenvalue weighted by molar-refractivity contribution is -0.123. The minimum atomic E-state index is -0.594. The van der Waals surface area contributed by atoms with Crippen molar-refractivity contribution in [3.05, 3.63) is 64.2 Å². The average Bonchev–Trinajstić information content (AvgIpc) is 2.66. The Kier molecular flexibility index (Phi) is 6.26. The molecule has 9 heteroatoms. The van der Waals surface area contributed by atoms with Crippen molar-refractivity contribution in [3.8, 4) is 5.75 Å². The number of halogens is 1. The normalized spacial score (nSPS) is 13.4. The number of amides is 3. The van der Waals surface area contributed by atoms with E-state index in [1.807, 2.05) is 19.1 Å². The van der Waals surface area contributed by atoms with E-state index in [1.165, 1.54) is 12.1 Å². The summed E-state index contributed by atoms with van der Waals surface area (Å²) < 4.78 is 5.46. The quantitative estimate of drug-likeness (QED) is 0.385. The van der Waals surface area contributed by atoms with Gasteiger partial charge in [0, 0.05) is 5.69 Å². The fourth-order valence-electron chi connectivity index (χ4n) is 2.47. The molecular weight excluding hydrogens is 414 g/mol. The molecule has 0 bridgehead atoms. The van der Waals surface area contributed by atoms with Crippen LogP contribution in [0.4, 0.5) is 5.69 Å². The summed E-state index contributed by atoms with van der Waals surface area (Å²) in [5, 5.41) is 7.62. The predicted molar refractivity (Wildman–Crippen MR) is 114 cm³/mol. The van der Waals surface area contributed by atoms with Crippen LogP contribution in [-0.4, -0.2) is 29.4 Å². The van der Waals surface area contributed by atoms with Crippen molar-refractivity contribution in [1.82, 2.24) is 10.6 Å². The molecule has 0 unspecified atom stereocenters. The van der Waals surface area contributed by atoms with Crippen LogP contribution in [0.5, 0.6) is 5.75 Å². The van der Waals surface area contributed by atoms with Crippen LogP contribution in [0.1, 0.15) is 11.1 Å². The smallest absolute Gasteiger partial charge is 0.263 e. The number of hydrogen-bond donors (Lipinski definition) is 3. The van der Waals surface area contributed by atoms with Crippen LogP contribution >= 0.6 is 23.8 Å². The van der Waals surface area contributed by atoms with Crippen molar-refractivity contribution in [2.75, 3.05) is 11.9 Å². The van der Waals surface area contributed by atoms with Gasteiger partial charge in [-0.15, -0.1) is 0 Å². The first-order valence-electron chi connectivity index (χ1n) is 8.49. The van der Waals surface area contributed by atoms with Crippen LogP contribution in [0.25, 0.3) is 6.08 Å². The number of nitrogens with one attached hydrogen (secondary N) is 3. The van der Waals surface area contributed by atoms with E-state index < -0.39 is 11.8 Å². The first kappa shape index (κ1) is 20.5. The molecule has 3 rings (SSSR count). The Balaban J connectivity index is 1.63. The zero-order valence-corrected chi connectivity index (χ0v) is 16.8. The third-order valence-corrected chi connectivity index (χ3v) is 4.40. The third-order valence-electron chi connectivity index (χ3n) is 3.90. The molecule has 2 aromatic rings. The zero-order valence-electron chi connectivity index (χ0n) is 15.2. The lowest BCUT2D eigenvalue weighted by Gasteiger charge is -2.16. The van der Waals surface area contributed by atoms with E-state index >= 15 is 0 Å². The molecule has 1 aliphatic heterocycles. The molecule has 3 amide bonds. The molecule has 1 aliphatic rings. The number of aryl methyl sites for hydroxylation is 1. The van der Waals surface area contributed by atoms with Crippen molar-refractivity contribution in [1.29, 1.82) is 0 Å². The van der Waals surface area contributed by atoms with E-state index in [0.29, 0.717) is 17.0 Å². The number of hydrogen-bond acceptors (Lipinski definition) is 5. The Bertz CT molecular complexity index is 1010. The van der Waals surface area contributed by atoms with Crippen molar-refractivity contribution >= 4 is 58.4 Å². The van der Waals surface area contributed by atoms with E-state index in [4.69, 9.17) is 28.6 Å². The number of carbonyl (C=O) groups is 3. The highest BCUT2D eigenvalue weighted by atomic mass is 35.5. The second-order valence-electron chi connectivity index (χ2n) is 6.19. The summed E-state index contributed by atoms with van der Waals surface area (Å²) in [5.74, 6) is -1.22. The molecule has 1 saturated heterocycles. The van der Waals surface area contributed by atoms with E-state index in [-0.39, 0.29) is 28.2 Å². The maximum absolute atomic E-state index is 12.0. The van der Waals surface area contributed by atoms with Gasteiger partial charge in [0.2, 0.25) is 0 Å². The van der Waals surface area contributed by atoms with E-state index in [9.17, 15) is 14.4 Å². The molecule has 3 N–H and O–H groups in total. The molecule has 148 valence electrons. The lowest BCUT2D eigenvalue weighted by Crippen LogP contribution is -2.51. The molecule has 0 radical (unpaired) electrons. The molecule has 0 saturated carbocycles. The van der Waals surface area contributed by atoms with Crippen molar-refractivity contribution in [2.24, 2.45) is 0 Å². The second-order valence-corrected chi connectivity index (χ2v) is 7.00. The van der Waals surface area contributed by atoms with Crippen LogP contribution in [0.3, 0.4) is 0 Å². The fraction of sp³-hybridized carbons (Fsp3) is 0.100. The number of thiocarbonyl (C=S) groups is 1. The number of ether oxygens (including phenoxy) is 1. The highest BCUT2D eigenvalue weighted by Gasteiger charge is 2.25. The number of carbonyl (C=O) groups excluding carboxylic acids is 3. The molecule has 0 spiro atoms. The van der Waals surface area contributed by atoms with E-state index in [2.05, 4.69) is 16.0 Å². The second kappa shape index (κ2) is 8.85. The van der Waals surface area contributed by atoms with Gasteiger partial charge in [0.15, 0.2) is 11.7 Å². The monoisotopic (exact) mass is 429 g/mol. The molecular formula is C20H16ClN3O4S. The summed E-state index contributed by atoms with van der Waals surface area (Å²) in [7, 11) is 0. The van der Waals surface area contributed by atoms with Crippen LogP contribution in [0.15, 0.2) is 48.0 Å². The maximum Gasteiger partial charge on any atom is 0.263 e. The Labute approximate surface area is 177 Å². The molecule has 0 atom stereocenters. The Hall–Kier alpha value is -3.23. The minimum absolute atomic E-state index is 0.0390. The SMILES string of the molecule is Cc1ccc(NC(=O)COc2ccc(C=C3C(=O)NC(=S)NC3=O)cc2Cl)cc1. The highest BCUT2D eigenvalue weighted by Crippen LogP contribution is 2.26. The third kappa shape index (κ3) is 5.40. The van der Waals surface area contributed by atoms with Gasteiger partial charge in [0.05, 0.1) is 5.02 Å². The Morgan fingerprint density at radius 2 is 1.79 bits per heavy atom. The molecule has 1 fully saturated rings. The zero-order chi connectivity index (χ0) is 21.0. The van der Waals surface area contributed by atoms with Crippen LogP contribution in [0.2, 0.25) is 5.02 Å². The van der Waals surface area contributed by atoms with E-state index in [1.54, 1.807) is 24.3 Å². The first-order chi connectivity index (χ1) is 13.8. The van der Waals surface area contributed by atoms with Gasteiger partial charge in [-0.25, -0.2) is 0 Å². The predicted octanol–water partition coefficient (Wildman–Crippen LogP) is 2.58. The van der Waals surface area contributed by atoms with Gasteiger partial charge in [-0.05, 0) is 55.0 Å². The summed E-state index contributed by atoms with van der Waals surface area (Å²) >= 11 is 10.9. The minimum Gasteiger partial charge on any atom is -0.482 e. The average molecular weight is 430 g/mol. The summed E-state index contributed by atoms with van der Waals surface area (Å²) in [4.78, 5) is 35.8.